The SMILES string of the molecule is O=C(NCc1ccccn1)c1cccc(C(=O)N[C@@H](Cc2ccccc2)[C@H](O)CNCc2cccc(C(F)(F)F)c2)c1. The van der Waals surface area contributed by atoms with E-state index in [1.165, 1.54) is 12.1 Å². The fourth-order valence-electron chi connectivity index (χ4n) is 4.34. The molecule has 0 saturated heterocycles. The van der Waals surface area contributed by atoms with Crippen LogP contribution < -0.4 is 16.0 Å². The molecule has 4 N–H and O–H groups in total. The standard InChI is InChI=1S/C32H31F3N4O3/c33-32(34,35)26-13-6-10-23(16-26)19-36-21-29(40)28(17-22-8-2-1-3-9-22)39-31(42)25-12-7-11-24(18-25)30(41)38-20-27-14-4-5-15-37-27/h1-16,18,28-29,36,40H,17,19-21H2,(H,38,41)(H,39,42)/t28-,29+/m0/s1. The van der Waals surface area contributed by atoms with Gasteiger partial charge >= 0.3 is 6.18 Å². The Morgan fingerprint density at radius 1 is 0.786 bits per heavy atom. The van der Waals surface area contributed by atoms with Crippen molar-refractivity contribution in [2.24, 2.45) is 0 Å². The largest absolute Gasteiger partial charge is 0.416 e. The molecular formula is C32H31F3N4O3. The van der Waals surface area contributed by atoms with Gasteiger partial charge in [0.25, 0.3) is 11.8 Å². The Morgan fingerprint density at radius 3 is 2.19 bits per heavy atom. The van der Waals surface area contributed by atoms with Crippen molar-refractivity contribution in [3.05, 3.63) is 137 Å². The Bertz CT molecular complexity index is 1470. The first-order valence-corrected chi connectivity index (χ1v) is 13.4. The van der Waals surface area contributed by atoms with Crippen LogP contribution in [0.1, 0.15) is 43.1 Å². The molecule has 42 heavy (non-hydrogen) atoms. The zero-order valence-corrected chi connectivity index (χ0v) is 22.6. The summed E-state index contributed by atoms with van der Waals surface area (Å²) in [5.74, 6) is -0.845. The molecule has 0 spiro atoms. The molecular weight excluding hydrogens is 545 g/mol. The van der Waals surface area contributed by atoms with Crippen LogP contribution in [0, 0.1) is 0 Å². The van der Waals surface area contributed by atoms with Gasteiger partial charge in [0.05, 0.1) is 29.9 Å². The number of pyridine rings is 1. The van der Waals surface area contributed by atoms with Gasteiger partial charge in [0.15, 0.2) is 0 Å². The fraction of sp³-hybridized carbons (Fsp3) is 0.219. The van der Waals surface area contributed by atoms with E-state index >= 15 is 0 Å². The third-order valence-electron chi connectivity index (χ3n) is 6.56. The molecule has 0 radical (unpaired) electrons. The van der Waals surface area contributed by atoms with Crippen LogP contribution in [-0.4, -0.2) is 40.6 Å². The van der Waals surface area contributed by atoms with Crippen molar-refractivity contribution < 1.29 is 27.9 Å². The van der Waals surface area contributed by atoms with Gasteiger partial charge in [-0.1, -0.05) is 60.7 Å². The molecule has 218 valence electrons. The molecule has 0 fully saturated rings. The van der Waals surface area contributed by atoms with Crippen molar-refractivity contribution in [3.63, 3.8) is 0 Å². The van der Waals surface area contributed by atoms with Crippen molar-refractivity contribution in [3.8, 4) is 0 Å². The lowest BCUT2D eigenvalue weighted by Crippen LogP contribution is -2.48. The van der Waals surface area contributed by atoms with Crippen molar-refractivity contribution in [1.29, 1.82) is 0 Å². The number of halogens is 3. The minimum Gasteiger partial charge on any atom is -0.390 e. The van der Waals surface area contributed by atoms with Crippen LogP contribution in [0.3, 0.4) is 0 Å². The van der Waals surface area contributed by atoms with Crippen LogP contribution in [0.4, 0.5) is 13.2 Å². The van der Waals surface area contributed by atoms with Gasteiger partial charge in [-0.15, -0.1) is 0 Å². The van der Waals surface area contributed by atoms with E-state index in [2.05, 4.69) is 20.9 Å². The summed E-state index contributed by atoms with van der Waals surface area (Å²) in [7, 11) is 0. The Kier molecular flexibility index (Phi) is 10.4. The first-order chi connectivity index (χ1) is 20.2. The van der Waals surface area contributed by atoms with Gasteiger partial charge in [0, 0.05) is 30.4 Å². The lowest BCUT2D eigenvalue weighted by Gasteiger charge is -2.25. The van der Waals surface area contributed by atoms with Crippen LogP contribution in [0.25, 0.3) is 0 Å². The van der Waals surface area contributed by atoms with Crippen LogP contribution in [-0.2, 0) is 25.7 Å². The second-order valence-electron chi connectivity index (χ2n) is 9.75. The summed E-state index contributed by atoms with van der Waals surface area (Å²) in [6.45, 7) is 0.349. The van der Waals surface area contributed by atoms with Crippen molar-refractivity contribution in [1.82, 2.24) is 20.9 Å². The summed E-state index contributed by atoms with van der Waals surface area (Å²) < 4.78 is 39.1. The number of aliphatic hydroxyl groups excluding tert-OH is 1. The summed E-state index contributed by atoms with van der Waals surface area (Å²) >= 11 is 0. The normalized spacial score (nSPS) is 12.8. The molecule has 4 aromatic rings. The number of aliphatic hydroxyl groups is 1. The van der Waals surface area contributed by atoms with Gasteiger partial charge in [0.1, 0.15) is 0 Å². The van der Waals surface area contributed by atoms with Crippen molar-refractivity contribution >= 4 is 11.8 Å². The second-order valence-corrected chi connectivity index (χ2v) is 9.75. The van der Waals surface area contributed by atoms with E-state index in [9.17, 15) is 27.9 Å². The highest BCUT2D eigenvalue weighted by Crippen LogP contribution is 2.29. The first kappa shape index (κ1) is 30.4. The molecule has 2 atom stereocenters. The molecule has 1 aromatic heterocycles. The highest BCUT2D eigenvalue weighted by Gasteiger charge is 2.30. The van der Waals surface area contributed by atoms with E-state index in [-0.39, 0.29) is 31.1 Å². The number of nitrogens with zero attached hydrogens (tertiary/aromatic N) is 1. The maximum atomic E-state index is 13.2. The van der Waals surface area contributed by atoms with Crippen molar-refractivity contribution in [2.75, 3.05) is 6.54 Å². The number of aromatic nitrogens is 1. The molecule has 0 aliphatic carbocycles. The molecule has 0 aliphatic rings. The maximum Gasteiger partial charge on any atom is 0.416 e. The summed E-state index contributed by atoms with van der Waals surface area (Å²) in [5.41, 5.74) is 1.77. The summed E-state index contributed by atoms with van der Waals surface area (Å²) in [6, 6.07) is 25.2. The topological polar surface area (TPSA) is 103 Å². The lowest BCUT2D eigenvalue weighted by molar-refractivity contribution is -0.137. The summed E-state index contributed by atoms with van der Waals surface area (Å²) in [5, 5.41) is 19.6. The van der Waals surface area contributed by atoms with E-state index < -0.39 is 29.8 Å². The van der Waals surface area contributed by atoms with Crippen LogP contribution in [0.15, 0.2) is 103 Å². The van der Waals surface area contributed by atoms with E-state index in [1.54, 1.807) is 42.6 Å². The molecule has 0 unspecified atom stereocenters. The summed E-state index contributed by atoms with van der Waals surface area (Å²) in [6.07, 6.45) is -3.57. The van der Waals surface area contributed by atoms with E-state index in [1.807, 2.05) is 36.4 Å². The average Bonchev–Trinajstić information content (AvgIpc) is 3.00. The third kappa shape index (κ3) is 8.98. The third-order valence-corrected chi connectivity index (χ3v) is 6.56. The highest BCUT2D eigenvalue weighted by atomic mass is 19.4. The number of hydrogen-bond acceptors (Lipinski definition) is 5. The number of carbonyl (C=O) groups excluding carboxylic acids is 2. The molecule has 7 nitrogen and oxygen atoms in total. The highest BCUT2D eigenvalue weighted by molar-refractivity contribution is 5.99. The van der Waals surface area contributed by atoms with Gasteiger partial charge < -0.3 is 21.1 Å². The molecule has 0 aliphatic heterocycles. The van der Waals surface area contributed by atoms with E-state index in [4.69, 9.17) is 0 Å². The second kappa shape index (κ2) is 14.4. The predicted molar refractivity (Wildman–Crippen MR) is 152 cm³/mol. The Morgan fingerprint density at radius 2 is 1.48 bits per heavy atom. The number of rotatable bonds is 12. The van der Waals surface area contributed by atoms with Crippen LogP contribution in [0.2, 0.25) is 0 Å². The van der Waals surface area contributed by atoms with E-state index in [0.29, 0.717) is 23.2 Å². The van der Waals surface area contributed by atoms with Crippen LogP contribution in [0.5, 0.6) is 0 Å². The molecule has 3 aromatic carbocycles. The van der Waals surface area contributed by atoms with Gasteiger partial charge in [0.2, 0.25) is 0 Å². The monoisotopic (exact) mass is 576 g/mol. The predicted octanol–water partition coefficient (Wildman–Crippen LogP) is 4.52. The van der Waals surface area contributed by atoms with Gasteiger partial charge in [-0.25, -0.2) is 0 Å². The lowest BCUT2D eigenvalue weighted by atomic mass is 10.00. The quantitative estimate of drug-likeness (QED) is 0.199. The Hall–Kier alpha value is -4.54. The summed E-state index contributed by atoms with van der Waals surface area (Å²) in [4.78, 5) is 30.1. The Labute approximate surface area is 241 Å². The molecule has 0 bridgehead atoms. The minimum atomic E-state index is -4.45. The number of benzene rings is 3. The average molecular weight is 577 g/mol. The molecule has 1 heterocycles. The maximum absolute atomic E-state index is 13.2. The zero-order valence-electron chi connectivity index (χ0n) is 22.6. The van der Waals surface area contributed by atoms with Gasteiger partial charge in [-0.3, -0.25) is 14.6 Å². The first-order valence-electron chi connectivity index (χ1n) is 13.4. The van der Waals surface area contributed by atoms with Crippen molar-refractivity contribution in [2.45, 2.75) is 37.8 Å². The number of amides is 2. The fourth-order valence-corrected chi connectivity index (χ4v) is 4.34. The van der Waals surface area contributed by atoms with Crippen LogP contribution >= 0.6 is 0 Å². The number of hydrogen-bond donors (Lipinski definition) is 4. The van der Waals surface area contributed by atoms with Gasteiger partial charge in [-0.2, -0.15) is 13.2 Å². The smallest absolute Gasteiger partial charge is 0.390 e. The van der Waals surface area contributed by atoms with Gasteiger partial charge in [-0.05, 0) is 53.9 Å². The molecule has 0 saturated carbocycles. The minimum absolute atomic E-state index is 0.0179. The zero-order chi connectivity index (χ0) is 30.0. The molecule has 4 rings (SSSR count). The Balaban J connectivity index is 1.40. The molecule has 10 heteroatoms. The van der Waals surface area contributed by atoms with E-state index in [0.717, 1.165) is 17.7 Å². The molecule has 2 amide bonds. The number of nitrogens with one attached hydrogen (secondary N) is 3. The number of alkyl halides is 3. The number of carbonyl (C=O) groups is 2.